The molecule has 2 heterocycles. The summed E-state index contributed by atoms with van der Waals surface area (Å²) in [4.78, 5) is 29.7. The van der Waals surface area contributed by atoms with Crippen molar-refractivity contribution in [2.24, 2.45) is 5.73 Å². The number of primary amides is 1. The zero-order valence-electron chi connectivity index (χ0n) is 17.0. The van der Waals surface area contributed by atoms with Gasteiger partial charge in [0, 0.05) is 37.6 Å². The molecule has 2 aromatic rings. The largest absolute Gasteiger partial charge is 0.365 e. The standard InChI is InChI=1S/C22H28N4O2S/c1-16-17(2)29-22(20(16)21(23)28)24-19(27)15-26-13-11-25(12-14-26)10-6-9-18-7-4-3-5-8-18/h3-9H,10-15H2,1-2H3,(H2,23,28)(H,24,27)/b9-6+. The number of anilines is 1. The Labute approximate surface area is 176 Å². The summed E-state index contributed by atoms with van der Waals surface area (Å²) < 4.78 is 0. The molecule has 1 aliphatic rings. The molecule has 154 valence electrons. The monoisotopic (exact) mass is 412 g/mol. The van der Waals surface area contributed by atoms with Crippen LogP contribution in [-0.2, 0) is 4.79 Å². The Hall–Kier alpha value is -2.48. The fraction of sp³-hybridized carbons (Fsp3) is 0.364. The van der Waals surface area contributed by atoms with Gasteiger partial charge in [0.2, 0.25) is 5.91 Å². The molecule has 2 amide bonds. The number of amides is 2. The van der Waals surface area contributed by atoms with Crippen LogP contribution in [0.25, 0.3) is 6.08 Å². The van der Waals surface area contributed by atoms with Gasteiger partial charge < -0.3 is 11.1 Å². The fourth-order valence-electron chi connectivity index (χ4n) is 3.41. The molecule has 0 atom stereocenters. The molecule has 3 N–H and O–H groups in total. The van der Waals surface area contributed by atoms with Gasteiger partial charge in [-0.15, -0.1) is 11.3 Å². The summed E-state index contributed by atoms with van der Waals surface area (Å²) in [6.45, 7) is 8.55. The van der Waals surface area contributed by atoms with Crippen molar-refractivity contribution >= 4 is 34.2 Å². The Morgan fingerprint density at radius 2 is 1.76 bits per heavy atom. The average molecular weight is 413 g/mol. The SMILES string of the molecule is Cc1sc(NC(=O)CN2CCN(C/C=C/c3ccccc3)CC2)c(C(N)=O)c1C. The fourth-order valence-corrected chi connectivity index (χ4v) is 4.49. The number of carbonyl (C=O) groups excluding carboxylic acids is 2. The molecule has 6 nitrogen and oxygen atoms in total. The minimum absolute atomic E-state index is 0.105. The highest BCUT2D eigenvalue weighted by atomic mass is 32.1. The number of aryl methyl sites for hydroxylation is 1. The van der Waals surface area contributed by atoms with E-state index in [-0.39, 0.29) is 5.91 Å². The van der Waals surface area contributed by atoms with E-state index in [1.165, 1.54) is 16.9 Å². The quantitative estimate of drug-likeness (QED) is 0.733. The lowest BCUT2D eigenvalue weighted by Gasteiger charge is -2.33. The van der Waals surface area contributed by atoms with Crippen molar-refractivity contribution in [3.05, 3.63) is 58.0 Å². The van der Waals surface area contributed by atoms with Crippen LogP contribution in [0.4, 0.5) is 5.00 Å². The highest BCUT2D eigenvalue weighted by molar-refractivity contribution is 7.16. The summed E-state index contributed by atoms with van der Waals surface area (Å²) in [5, 5.41) is 3.43. The van der Waals surface area contributed by atoms with Crippen molar-refractivity contribution in [1.29, 1.82) is 0 Å². The van der Waals surface area contributed by atoms with Gasteiger partial charge in [0.15, 0.2) is 0 Å². The second-order valence-electron chi connectivity index (χ2n) is 7.29. The van der Waals surface area contributed by atoms with Crippen molar-refractivity contribution in [3.63, 3.8) is 0 Å². The Bertz CT molecular complexity index is 884. The molecule has 0 spiro atoms. The number of carbonyl (C=O) groups is 2. The average Bonchev–Trinajstić information content (AvgIpc) is 2.97. The maximum atomic E-state index is 12.5. The van der Waals surface area contributed by atoms with Crippen LogP contribution in [0.3, 0.4) is 0 Å². The molecule has 1 aromatic carbocycles. The molecule has 1 aromatic heterocycles. The topological polar surface area (TPSA) is 78.7 Å². The van der Waals surface area contributed by atoms with E-state index in [9.17, 15) is 9.59 Å². The summed E-state index contributed by atoms with van der Waals surface area (Å²) in [5.41, 5.74) is 7.95. The second-order valence-corrected chi connectivity index (χ2v) is 8.51. The number of hydrogen-bond donors (Lipinski definition) is 2. The minimum atomic E-state index is -0.501. The van der Waals surface area contributed by atoms with E-state index < -0.39 is 5.91 Å². The first kappa shape index (κ1) is 21.2. The number of benzene rings is 1. The van der Waals surface area contributed by atoms with Crippen LogP contribution < -0.4 is 11.1 Å². The Kier molecular flexibility index (Phi) is 7.19. The van der Waals surface area contributed by atoms with Gasteiger partial charge in [-0.05, 0) is 25.0 Å². The zero-order chi connectivity index (χ0) is 20.8. The molecule has 1 saturated heterocycles. The lowest BCUT2D eigenvalue weighted by atomic mass is 10.1. The molecular formula is C22H28N4O2S. The number of piperazine rings is 1. The summed E-state index contributed by atoms with van der Waals surface area (Å²) in [7, 11) is 0. The normalized spacial score (nSPS) is 15.7. The van der Waals surface area contributed by atoms with E-state index >= 15 is 0 Å². The lowest BCUT2D eigenvalue weighted by Crippen LogP contribution is -2.48. The van der Waals surface area contributed by atoms with Gasteiger partial charge in [0.25, 0.3) is 5.91 Å². The van der Waals surface area contributed by atoms with Crippen molar-refractivity contribution in [3.8, 4) is 0 Å². The van der Waals surface area contributed by atoms with E-state index in [1.54, 1.807) is 0 Å². The molecular weight excluding hydrogens is 384 g/mol. The van der Waals surface area contributed by atoms with Gasteiger partial charge in [-0.1, -0.05) is 42.5 Å². The summed E-state index contributed by atoms with van der Waals surface area (Å²) in [6.07, 6.45) is 4.33. The molecule has 1 fully saturated rings. The van der Waals surface area contributed by atoms with Gasteiger partial charge in [-0.2, -0.15) is 0 Å². The van der Waals surface area contributed by atoms with Crippen LogP contribution in [0.1, 0.15) is 26.4 Å². The summed E-state index contributed by atoms with van der Waals surface area (Å²) in [6, 6.07) is 10.3. The maximum Gasteiger partial charge on any atom is 0.251 e. The number of nitrogens with one attached hydrogen (secondary N) is 1. The molecule has 29 heavy (non-hydrogen) atoms. The van der Waals surface area contributed by atoms with Gasteiger partial charge in [-0.25, -0.2) is 0 Å². The first-order chi connectivity index (χ1) is 13.9. The number of hydrogen-bond acceptors (Lipinski definition) is 5. The molecule has 1 aliphatic heterocycles. The van der Waals surface area contributed by atoms with Crippen LogP contribution in [-0.4, -0.2) is 60.9 Å². The summed E-state index contributed by atoms with van der Waals surface area (Å²) in [5.74, 6) is -0.606. The van der Waals surface area contributed by atoms with Gasteiger partial charge in [-0.3, -0.25) is 19.4 Å². The molecule has 0 radical (unpaired) electrons. The molecule has 0 unspecified atom stereocenters. The van der Waals surface area contributed by atoms with Gasteiger partial charge >= 0.3 is 0 Å². The highest BCUT2D eigenvalue weighted by Gasteiger charge is 2.21. The molecule has 0 saturated carbocycles. The smallest absolute Gasteiger partial charge is 0.251 e. The van der Waals surface area contributed by atoms with Gasteiger partial charge in [0.1, 0.15) is 5.00 Å². The number of nitrogens with two attached hydrogens (primary N) is 1. The van der Waals surface area contributed by atoms with Crippen LogP contribution >= 0.6 is 11.3 Å². The van der Waals surface area contributed by atoms with E-state index in [4.69, 9.17) is 5.73 Å². The molecule has 7 heteroatoms. The zero-order valence-corrected chi connectivity index (χ0v) is 17.8. The molecule has 3 rings (SSSR count). The lowest BCUT2D eigenvalue weighted by molar-refractivity contribution is -0.117. The van der Waals surface area contributed by atoms with Crippen molar-refractivity contribution < 1.29 is 9.59 Å². The first-order valence-electron chi connectivity index (χ1n) is 9.80. The Balaban J connectivity index is 1.45. The first-order valence-corrected chi connectivity index (χ1v) is 10.6. The third kappa shape index (κ3) is 5.76. The maximum absolute atomic E-state index is 12.5. The molecule has 0 bridgehead atoms. The number of thiophene rings is 1. The summed E-state index contributed by atoms with van der Waals surface area (Å²) >= 11 is 1.40. The van der Waals surface area contributed by atoms with Crippen molar-refractivity contribution in [1.82, 2.24) is 9.80 Å². The van der Waals surface area contributed by atoms with Crippen molar-refractivity contribution in [2.75, 3.05) is 44.6 Å². The Morgan fingerprint density at radius 1 is 1.10 bits per heavy atom. The van der Waals surface area contributed by atoms with E-state index in [0.717, 1.165) is 43.2 Å². The van der Waals surface area contributed by atoms with E-state index in [1.807, 2.05) is 32.0 Å². The predicted molar refractivity (Wildman–Crippen MR) is 119 cm³/mol. The van der Waals surface area contributed by atoms with Crippen LogP contribution in [0.2, 0.25) is 0 Å². The second kappa shape index (κ2) is 9.82. The van der Waals surface area contributed by atoms with Gasteiger partial charge in [0.05, 0.1) is 12.1 Å². The number of nitrogens with zero attached hydrogens (tertiary/aromatic N) is 2. The van der Waals surface area contributed by atoms with Crippen LogP contribution in [0.5, 0.6) is 0 Å². The van der Waals surface area contributed by atoms with Crippen molar-refractivity contribution in [2.45, 2.75) is 13.8 Å². The van der Waals surface area contributed by atoms with E-state index in [2.05, 4.69) is 39.4 Å². The predicted octanol–water partition coefficient (Wildman–Crippen LogP) is 2.73. The highest BCUT2D eigenvalue weighted by Crippen LogP contribution is 2.31. The minimum Gasteiger partial charge on any atom is -0.365 e. The third-order valence-electron chi connectivity index (χ3n) is 5.19. The molecule has 0 aliphatic carbocycles. The third-order valence-corrected chi connectivity index (χ3v) is 6.31. The Morgan fingerprint density at radius 3 is 2.41 bits per heavy atom. The van der Waals surface area contributed by atoms with E-state index in [0.29, 0.717) is 17.1 Å². The number of rotatable bonds is 7. The van der Waals surface area contributed by atoms with Crippen LogP contribution in [0, 0.1) is 13.8 Å². The van der Waals surface area contributed by atoms with Crippen LogP contribution in [0.15, 0.2) is 36.4 Å².